The third-order valence-electron chi connectivity index (χ3n) is 9.20. The summed E-state index contributed by atoms with van der Waals surface area (Å²) >= 11 is 0. The van der Waals surface area contributed by atoms with Crippen LogP contribution in [0.5, 0.6) is 5.75 Å². The maximum absolute atomic E-state index is 13.1. The third-order valence-corrected chi connectivity index (χ3v) is 9.20. The smallest absolute Gasteiger partial charge is 0.417 e. The largest absolute Gasteiger partial charge is 0.490 e. The quantitative estimate of drug-likeness (QED) is 0.582. The molecule has 5 aliphatic rings. The van der Waals surface area contributed by atoms with Crippen LogP contribution >= 0.6 is 0 Å². The zero-order valence-corrected chi connectivity index (χ0v) is 20.9. The first-order valence-electron chi connectivity index (χ1n) is 13.4. The van der Waals surface area contributed by atoms with E-state index in [1.54, 1.807) is 6.07 Å². The summed E-state index contributed by atoms with van der Waals surface area (Å²) < 4.78 is 47.2. The van der Waals surface area contributed by atoms with Crippen molar-refractivity contribution in [2.75, 3.05) is 26.2 Å². The molecule has 3 saturated carbocycles. The number of likely N-dealkylation sites (tertiary alicyclic amines) is 2. The number of urea groups is 1. The summed E-state index contributed by atoms with van der Waals surface area (Å²) in [6.45, 7) is 2.99. The Labute approximate surface area is 218 Å². The van der Waals surface area contributed by atoms with Crippen molar-refractivity contribution in [1.29, 1.82) is 5.26 Å². The van der Waals surface area contributed by atoms with Crippen molar-refractivity contribution in [2.24, 2.45) is 17.3 Å². The Kier molecular flexibility index (Phi) is 5.23. The topological polar surface area (TPSA) is 87.3 Å². The summed E-state index contributed by atoms with van der Waals surface area (Å²) in [7, 11) is 0. The minimum atomic E-state index is -4.57. The second kappa shape index (κ2) is 8.35. The van der Waals surface area contributed by atoms with Gasteiger partial charge in [-0.2, -0.15) is 23.5 Å². The van der Waals surface area contributed by atoms with E-state index in [9.17, 15) is 18.0 Å². The van der Waals surface area contributed by atoms with Gasteiger partial charge in [-0.25, -0.2) is 14.5 Å². The maximum Gasteiger partial charge on any atom is 0.417 e. The molecule has 200 valence electrons. The van der Waals surface area contributed by atoms with Gasteiger partial charge in [0.05, 0.1) is 29.3 Å². The number of fused-ring (bicyclic) bond motifs is 1. The number of halogens is 3. The molecule has 1 spiro atoms. The first-order chi connectivity index (χ1) is 18.2. The monoisotopic (exact) mass is 526 g/mol. The number of hydrogen-bond acceptors (Lipinski definition) is 5. The van der Waals surface area contributed by atoms with Crippen molar-refractivity contribution in [2.45, 2.75) is 62.8 Å². The fraction of sp³-hybridized carbons (Fsp3) is 0.630. The minimum absolute atomic E-state index is 0.115. The molecule has 11 heteroatoms. The molecule has 0 radical (unpaired) electrons. The van der Waals surface area contributed by atoms with Crippen LogP contribution in [-0.4, -0.2) is 62.9 Å². The lowest BCUT2D eigenvalue weighted by Crippen LogP contribution is -2.65. The van der Waals surface area contributed by atoms with Gasteiger partial charge in [0, 0.05) is 37.5 Å². The van der Waals surface area contributed by atoms with Crippen molar-refractivity contribution < 1.29 is 22.7 Å². The van der Waals surface area contributed by atoms with Crippen LogP contribution in [0.25, 0.3) is 0 Å². The first-order valence-corrected chi connectivity index (χ1v) is 13.4. The Balaban J connectivity index is 0.883. The molecule has 1 aromatic carbocycles. The van der Waals surface area contributed by atoms with Crippen molar-refractivity contribution >= 4 is 6.03 Å². The lowest BCUT2D eigenvalue weighted by atomic mass is 9.61. The Morgan fingerprint density at radius 2 is 1.82 bits per heavy atom. The van der Waals surface area contributed by atoms with Crippen LogP contribution in [0.3, 0.4) is 0 Å². The van der Waals surface area contributed by atoms with Gasteiger partial charge in [0.25, 0.3) is 0 Å². The van der Waals surface area contributed by atoms with E-state index in [2.05, 4.69) is 10.1 Å². The van der Waals surface area contributed by atoms with E-state index < -0.39 is 17.3 Å². The fourth-order valence-electron chi connectivity index (χ4n) is 7.10. The molecule has 2 amide bonds. The number of rotatable bonds is 4. The molecule has 8 nitrogen and oxygen atoms in total. The molecule has 7 rings (SSSR count). The molecule has 3 heterocycles. The van der Waals surface area contributed by atoms with Gasteiger partial charge < -0.3 is 14.5 Å². The predicted molar refractivity (Wildman–Crippen MR) is 128 cm³/mol. The Morgan fingerprint density at radius 1 is 1.11 bits per heavy atom. The van der Waals surface area contributed by atoms with Gasteiger partial charge in [-0.05, 0) is 68.6 Å². The first kappa shape index (κ1) is 23.8. The lowest BCUT2D eigenvalue weighted by Gasteiger charge is -2.59. The normalized spacial score (nSPS) is 28.1. The van der Waals surface area contributed by atoms with Crippen LogP contribution in [0.15, 0.2) is 24.5 Å². The lowest BCUT2D eigenvalue weighted by molar-refractivity contribution is -0.137. The average Bonchev–Trinajstić information content (AvgIpc) is 3.24. The molecule has 3 atom stereocenters. The fourth-order valence-corrected chi connectivity index (χ4v) is 7.10. The summed E-state index contributed by atoms with van der Waals surface area (Å²) in [5.41, 5.74) is -1.15. The molecule has 2 aliphatic heterocycles. The Hall–Kier alpha value is -3.29. The van der Waals surface area contributed by atoms with Crippen molar-refractivity contribution in [3.63, 3.8) is 0 Å². The van der Waals surface area contributed by atoms with Gasteiger partial charge in [-0.15, -0.1) is 0 Å². The molecule has 0 bridgehead atoms. The van der Waals surface area contributed by atoms with Crippen LogP contribution in [0, 0.1) is 28.6 Å². The van der Waals surface area contributed by atoms with E-state index >= 15 is 0 Å². The van der Waals surface area contributed by atoms with Crippen LogP contribution < -0.4 is 4.74 Å². The van der Waals surface area contributed by atoms with E-state index in [0.29, 0.717) is 36.9 Å². The molecule has 1 aromatic heterocycles. The maximum atomic E-state index is 13.1. The summed E-state index contributed by atoms with van der Waals surface area (Å²) in [4.78, 5) is 21.5. The number of aromatic nitrogens is 3. The molecule has 2 saturated heterocycles. The average molecular weight is 527 g/mol. The Morgan fingerprint density at radius 3 is 2.45 bits per heavy atom. The number of nitriles is 1. The number of carbonyl (C=O) groups excluding carboxylic acids is 1. The van der Waals surface area contributed by atoms with Gasteiger partial charge in [-0.1, -0.05) is 0 Å². The number of amides is 2. The third kappa shape index (κ3) is 4.09. The number of benzene rings is 1. The van der Waals surface area contributed by atoms with Gasteiger partial charge >= 0.3 is 12.2 Å². The molecule has 38 heavy (non-hydrogen) atoms. The van der Waals surface area contributed by atoms with E-state index in [-0.39, 0.29) is 23.3 Å². The molecule has 5 fully saturated rings. The Bertz CT molecular complexity index is 1290. The van der Waals surface area contributed by atoms with Crippen LogP contribution in [0.1, 0.15) is 67.4 Å². The summed E-state index contributed by atoms with van der Waals surface area (Å²) in [5.74, 6) is 2.47. The molecule has 2 aromatic rings. The molecule has 3 aliphatic carbocycles. The zero-order valence-electron chi connectivity index (χ0n) is 20.9. The molecular formula is C27H29F3N6O2. The van der Waals surface area contributed by atoms with Crippen LogP contribution in [-0.2, 0) is 6.18 Å². The molecular weight excluding hydrogens is 497 g/mol. The van der Waals surface area contributed by atoms with Gasteiger partial charge in [-0.3, -0.25) is 0 Å². The van der Waals surface area contributed by atoms with E-state index in [1.807, 2.05) is 20.8 Å². The highest BCUT2D eigenvalue weighted by atomic mass is 19.4. The highest BCUT2D eigenvalue weighted by Gasteiger charge is 2.56. The van der Waals surface area contributed by atoms with Crippen LogP contribution in [0.4, 0.5) is 18.0 Å². The second-order valence-corrected chi connectivity index (χ2v) is 12.0. The number of alkyl halides is 3. The standard InChI is InChI=1S/C27H29F3N6O2/c28-27(29,30)23-4-3-21(5-17(23)10-31)38-22-6-18-11-34(12-19(18)7-22)25(37)35-13-26(14-35)8-20(9-26)36-15-32-24(33-36)16-1-2-16/h3-5,15-16,18-20,22H,1-2,6-9,11-14H2/t18-,19+,22?. The van der Waals surface area contributed by atoms with E-state index in [0.717, 1.165) is 50.7 Å². The van der Waals surface area contributed by atoms with Crippen molar-refractivity contribution in [1.82, 2.24) is 24.6 Å². The highest BCUT2D eigenvalue weighted by molar-refractivity contribution is 5.76. The number of nitrogens with zero attached hydrogens (tertiary/aromatic N) is 6. The minimum Gasteiger partial charge on any atom is -0.490 e. The van der Waals surface area contributed by atoms with Crippen LogP contribution in [0.2, 0.25) is 0 Å². The molecule has 0 N–H and O–H groups in total. The van der Waals surface area contributed by atoms with Gasteiger partial charge in [0.2, 0.25) is 0 Å². The zero-order chi connectivity index (χ0) is 26.2. The number of carbonyl (C=O) groups is 1. The number of ether oxygens (including phenoxy) is 1. The van der Waals surface area contributed by atoms with Gasteiger partial charge in [0.15, 0.2) is 5.82 Å². The summed E-state index contributed by atoms with van der Waals surface area (Å²) in [6.07, 6.45) is 3.17. The second-order valence-electron chi connectivity index (χ2n) is 12.0. The number of hydrogen-bond donors (Lipinski definition) is 0. The summed E-state index contributed by atoms with van der Waals surface area (Å²) in [5, 5.41) is 13.8. The van der Waals surface area contributed by atoms with Gasteiger partial charge in [0.1, 0.15) is 12.1 Å². The highest BCUT2D eigenvalue weighted by Crippen LogP contribution is 2.54. The summed E-state index contributed by atoms with van der Waals surface area (Å²) in [6, 6.07) is 5.50. The SMILES string of the molecule is N#Cc1cc(OC2C[C@@H]3CN(C(=O)N4CC5(CC(n6cnc(C7CC7)n6)C5)C4)C[C@@H]3C2)ccc1C(F)(F)F. The van der Waals surface area contributed by atoms with E-state index in [4.69, 9.17) is 10.00 Å². The molecule has 1 unspecified atom stereocenters. The van der Waals surface area contributed by atoms with Crippen molar-refractivity contribution in [3.05, 3.63) is 41.5 Å². The van der Waals surface area contributed by atoms with E-state index in [1.165, 1.54) is 25.0 Å². The van der Waals surface area contributed by atoms with Crippen molar-refractivity contribution in [3.8, 4) is 11.8 Å². The predicted octanol–water partition coefficient (Wildman–Crippen LogP) is 4.59.